The summed E-state index contributed by atoms with van der Waals surface area (Å²) in [6.07, 6.45) is 6.17. The Kier molecular flexibility index (Phi) is 5.67. The van der Waals surface area contributed by atoms with Crippen molar-refractivity contribution >= 4 is 0 Å². The molecule has 1 saturated carbocycles. The Bertz CT molecular complexity index is 255. The Hall–Kier alpha value is -0.120. The minimum Gasteiger partial charge on any atom is -0.375 e. The molecule has 3 nitrogen and oxygen atoms in total. The van der Waals surface area contributed by atoms with E-state index in [4.69, 9.17) is 4.74 Å². The first kappa shape index (κ1) is 15.3. The number of nitrogens with zero attached hydrogens (tertiary/aromatic N) is 2. The van der Waals surface area contributed by atoms with Crippen LogP contribution in [0.15, 0.2) is 0 Å². The molecule has 0 atom stereocenters. The Morgan fingerprint density at radius 1 is 1.21 bits per heavy atom. The first-order chi connectivity index (χ1) is 9.08. The maximum absolute atomic E-state index is 5.88. The van der Waals surface area contributed by atoms with Gasteiger partial charge in [0.1, 0.15) is 0 Å². The van der Waals surface area contributed by atoms with Crippen LogP contribution in [0.5, 0.6) is 0 Å². The maximum atomic E-state index is 5.88. The standard InChI is InChI=1S/C16H32N2O/c1-5-18(12-14-6-8-17(4)9-7-14)15-10-16(11-15)19-13(2)3/h13-16H,5-12H2,1-4H3/t15-,16-. The fourth-order valence-corrected chi connectivity index (χ4v) is 3.44. The molecule has 2 rings (SSSR count). The van der Waals surface area contributed by atoms with Gasteiger partial charge in [-0.05, 0) is 72.1 Å². The van der Waals surface area contributed by atoms with Crippen molar-refractivity contribution in [3.63, 3.8) is 0 Å². The molecule has 112 valence electrons. The molecule has 0 N–H and O–H groups in total. The summed E-state index contributed by atoms with van der Waals surface area (Å²) in [5, 5.41) is 0. The molecule has 0 amide bonds. The van der Waals surface area contributed by atoms with Gasteiger partial charge in [-0.1, -0.05) is 6.92 Å². The Balaban J connectivity index is 1.70. The molecule has 3 heteroatoms. The van der Waals surface area contributed by atoms with Gasteiger partial charge in [-0.25, -0.2) is 0 Å². The number of hydrogen-bond acceptors (Lipinski definition) is 3. The van der Waals surface area contributed by atoms with E-state index in [9.17, 15) is 0 Å². The molecular weight excluding hydrogens is 236 g/mol. The minimum absolute atomic E-state index is 0.384. The van der Waals surface area contributed by atoms with E-state index in [-0.39, 0.29) is 0 Å². The number of likely N-dealkylation sites (tertiary alicyclic amines) is 1. The van der Waals surface area contributed by atoms with Gasteiger partial charge in [0.05, 0.1) is 12.2 Å². The second-order valence-corrected chi connectivity index (χ2v) is 6.77. The number of rotatable bonds is 6. The van der Waals surface area contributed by atoms with E-state index in [1.165, 1.54) is 51.9 Å². The largest absolute Gasteiger partial charge is 0.375 e. The van der Waals surface area contributed by atoms with Crippen LogP contribution in [0.25, 0.3) is 0 Å². The molecule has 1 heterocycles. The van der Waals surface area contributed by atoms with Crippen LogP contribution < -0.4 is 0 Å². The third-order valence-electron chi connectivity index (χ3n) is 4.79. The highest BCUT2D eigenvalue weighted by Crippen LogP contribution is 2.30. The van der Waals surface area contributed by atoms with Crippen molar-refractivity contribution in [2.75, 3.05) is 33.2 Å². The average Bonchev–Trinajstić information content (AvgIpc) is 2.33. The first-order valence-corrected chi connectivity index (χ1v) is 8.16. The zero-order chi connectivity index (χ0) is 13.8. The lowest BCUT2D eigenvalue weighted by Gasteiger charge is -2.44. The molecule has 0 bridgehead atoms. The van der Waals surface area contributed by atoms with E-state index < -0.39 is 0 Å². The highest BCUT2D eigenvalue weighted by Gasteiger charge is 2.35. The summed E-state index contributed by atoms with van der Waals surface area (Å²) in [4.78, 5) is 5.17. The van der Waals surface area contributed by atoms with Crippen molar-refractivity contribution in [1.82, 2.24) is 9.80 Å². The summed E-state index contributed by atoms with van der Waals surface area (Å²) >= 11 is 0. The van der Waals surface area contributed by atoms with Crippen molar-refractivity contribution in [3.8, 4) is 0 Å². The summed E-state index contributed by atoms with van der Waals surface area (Å²) < 4.78 is 5.88. The van der Waals surface area contributed by atoms with E-state index in [2.05, 4.69) is 37.6 Å². The van der Waals surface area contributed by atoms with Gasteiger partial charge in [0.2, 0.25) is 0 Å². The third kappa shape index (κ3) is 4.44. The lowest BCUT2D eigenvalue weighted by Crippen LogP contribution is -2.50. The minimum atomic E-state index is 0.384. The third-order valence-corrected chi connectivity index (χ3v) is 4.79. The van der Waals surface area contributed by atoms with Crippen LogP contribution in [-0.2, 0) is 4.74 Å². The van der Waals surface area contributed by atoms with Crippen molar-refractivity contribution in [2.24, 2.45) is 5.92 Å². The van der Waals surface area contributed by atoms with Gasteiger partial charge in [0.15, 0.2) is 0 Å². The van der Waals surface area contributed by atoms with Crippen molar-refractivity contribution < 1.29 is 4.74 Å². The smallest absolute Gasteiger partial charge is 0.0608 e. The van der Waals surface area contributed by atoms with E-state index in [1.54, 1.807) is 0 Å². The van der Waals surface area contributed by atoms with E-state index in [0.717, 1.165) is 12.0 Å². The Morgan fingerprint density at radius 2 is 1.84 bits per heavy atom. The SMILES string of the molecule is CCN(CC1CCN(C)CC1)[C@H]1C[C@H](OC(C)C)C1. The van der Waals surface area contributed by atoms with Crippen LogP contribution in [0.3, 0.4) is 0 Å². The molecule has 0 aromatic rings. The van der Waals surface area contributed by atoms with Gasteiger partial charge >= 0.3 is 0 Å². The average molecular weight is 268 g/mol. The lowest BCUT2D eigenvalue weighted by molar-refractivity contribution is -0.0789. The van der Waals surface area contributed by atoms with Gasteiger partial charge in [0, 0.05) is 12.6 Å². The van der Waals surface area contributed by atoms with Crippen molar-refractivity contribution in [3.05, 3.63) is 0 Å². The summed E-state index contributed by atoms with van der Waals surface area (Å²) in [6, 6.07) is 0.786. The van der Waals surface area contributed by atoms with Crippen molar-refractivity contribution in [1.29, 1.82) is 0 Å². The molecule has 0 unspecified atom stereocenters. The van der Waals surface area contributed by atoms with Gasteiger partial charge in [-0.2, -0.15) is 0 Å². The Morgan fingerprint density at radius 3 is 2.37 bits per heavy atom. The molecule has 19 heavy (non-hydrogen) atoms. The molecule has 1 saturated heterocycles. The van der Waals surface area contributed by atoms with Gasteiger partial charge in [-0.15, -0.1) is 0 Å². The quantitative estimate of drug-likeness (QED) is 0.736. The molecule has 1 aliphatic carbocycles. The van der Waals surface area contributed by atoms with Crippen LogP contribution in [0.2, 0.25) is 0 Å². The normalized spacial score (nSPS) is 30.0. The van der Waals surface area contributed by atoms with Crippen LogP contribution in [0.4, 0.5) is 0 Å². The van der Waals surface area contributed by atoms with E-state index in [1.807, 2.05) is 0 Å². The van der Waals surface area contributed by atoms with Crippen LogP contribution >= 0.6 is 0 Å². The number of ether oxygens (including phenoxy) is 1. The second kappa shape index (κ2) is 7.05. The van der Waals surface area contributed by atoms with E-state index >= 15 is 0 Å². The van der Waals surface area contributed by atoms with Crippen LogP contribution in [0.1, 0.15) is 46.5 Å². The topological polar surface area (TPSA) is 15.7 Å². The number of piperidine rings is 1. The molecule has 0 spiro atoms. The van der Waals surface area contributed by atoms with Gasteiger partial charge in [0.25, 0.3) is 0 Å². The van der Waals surface area contributed by atoms with Crippen LogP contribution in [0, 0.1) is 5.92 Å². The highest BCUT2D eigenvalue weighted by atomic mass is 16.5. The second-order valence-electron chi connectivity index (χ2n) is 6.77. The first-order valence-electron chi connectivity index (χ1n) is 8.16. The van der Waals surface area contributed by atoms with Crippen LogP contribution in [-0.4, -0.2) is 61.3 Å². The van der Waals surface area contributed by atoms with Crippen molar-refractivity contribution in [2.45, 2.75) is 64.7 Å². The molecule has 0 aromatic carbocycles. The monoisotopic (exact) mass is 268 g/mol. The molecule has 1 aliphatic heterocycles. The van der Waals surface area contributed by atoms with E-state index in [0.29, 0.717) is 12.2 Å². The molecule has 2 aliphatic rings. The molecule has 2 fully saturated rings. The molecule has 0 aromatic heterocycles. The highest BCUT2D eigenvalue weighted by molar-refractivity contribution is 4.89. The zero-order valence-electron chi connectivity index (χ0n) is 13.3. The lowest BCUT2D eigenvalue weighted by atomic mass is 9.86. The fourth-order valence-electron chi connectivity index (χ4n) is 3.44. The number of hydrogen-bond donors (Lipinski definition) is 0. The summed E-state index contributed by atoms with van der Waals surface area (Å²) in [5.74, 6) is 0.918. The van der Waals surface area contributed by atoms with Gasteiger partial charge < -0.3 is 14.5 Å². The molecular formula is C16H32N2O. The summed E-state index contributed by atoms with van der Waals surface area (Å²) in [5.41, 5.74) is 0. The maximum Gasteiger partial charge on any atom is 0.0608 e. The van der Waals surface area contributed by atoms with Gasteiger partial charge in [-0.3, -0.25) is 0 Å². The predicted molar refractivity (Wildman–Crippen MR) is 80.5 cm³/mol. The summed E-state index contributed by atoms with van der Waals surface area (Å²) in [7, 11) is 2.24. The fraction of sp³-hybridized carbons (Fsp3) is 1.00. The predicted octanol–water partition coefficient (Wildman–Crippen LogP) is 2.61. The Labute approximate surface area is 119 Å². The summed E-state index contributed by atoms with van der Waals surface area (Å²) in [6.45, 7) is 11.7. The zero-order valence-corrected chi connectivity index (χ0v) is 13.3. The molecule has 0 radical (unpaired) electrons.